The Kier molecular flexibility index (Phi) is 37.4. The van der Waals surface area contributed by atoms with Crippen molar-refractivity contribution in [2.24, 2.45) is 42.9 Å². The lowest BCUT2D eigenvalue weighted by Gasteiger charge is -2.16. The van der Waals surface area contributed by atoms with Gasteiger partial charge in [0.1, 0.15) is 96.1 Å². The molecule has 0 spiro atoms. The molecule has 4 amide bonds. The number of halogens is 3. The number of ether oxygens (including phenoxy) is 2. The van der Waals surface area contributed by atoms with Crippen LogP contribution in [0.1, 0.15) is 177 Å². The van der Waals surface area contributed by atoms with Crippen LogP contribution in [0.2, 0.25) is 10.0 Å². The van der Waals surface area contributed by atoms with Crippen LogP contribution in [0.25, 0.3) is 6.08 Å². The van der Waals surface area contributed by atoms with Crippen LogP contribution in [0.3, 0.4) is 0 Å². The van der Waals surface area contributed by atoms with Crippen LogP contribution in [-0.4, -0.2) is 156 Å². The second-order valence-corrected chi connectivity index (χ2v) is 36.7. The van der Waals surface area contributed by atoms with E-state index in [4.69, 9.17) is 55.6 Å². The molecule has 22 N–H and O–H groups in total. The molecule has 1 fully saturated rings. The van der Waals surface area contributed by atoms with E-state index < -0.39 is 6.23 Å². The van der Waals surface area contributed by atoms with Gasteiger partial charge in [-0.1, -0.05) is 49.7 Å². The Balaban J connectivity index is 0.000000178. The molecule has 0 bridgehead atoms. The maximum Gasteiger partial charge on any atom is 0.271 e. The van der Waals surface area contributed by atoms with Gasteiger partial charge in [-0.25, -0.2) is 24.9 Å². The minimum Gasteiger partial charge on any atom is -0.394 e. The summed E-state index contributed by atoms with van der Waals surface area (Å²) in [5.74, 6) is 0.137. The van der Waals surface area contributed by atoms with E-state index in [-0.39, 0.29) is 104 Å². The number of amidine groups is 4. The molecule has 9 aromatic heterocycles. The molecule has 13 aromatic rings. The predicted molar refractivity (Wildman–Crippen MR) is 561 cm³/mol. The summed E-state index contributed by atoms with van der Waals surface area (Å²) in [7, 11) is 1.52. The zero-order valence-electron chi connectivity index (χ0n) is 78.1. The first kappa shape index (κ1) is 105. The predicted octanol–water partition coefficient (Wildman–Crippen LogP) is 16.0. The van der Waals surface area contributed by atoms with Crippen molar-refractivity contribution in [2.45, 2.75) is 140 Å². The van der Waals surface area contributed by atoms with Gasteiger partial charge in [0.05, 0.1) is 51.3 Å². The van der Waals surface area contributed by atoms with Crippen molar-refractivity contribution in [1.82, 2.24) is 52.4 Å². The number of hydrogen-bond donors (Lipinski definition) is 18. The molecular formula is C94H106BrCl2N27O11S4. The number of anilines is 12. The molecule has 14 rings (SSSR count). The van der Waals surface area contributed by atoms with Gasteiger partial charge in [-0.15, -0.1) is 0 Å². The highest BCUT2D eigenvalue weighted by atomic mass is 79.9. The maximum absolute atomic E-state index is 13.2. The number of nitrogens with one attached hydrogen (secondary N) is 13. The number of rotatable bonds is 33. The molecule has 4 aromatic carbocycles. The standard InChI is InChI=1S/C27H32N6O3S.C24H24ClN7O2S.C22H26BrN7O3S.C21H24ClN7O3S/c1-5-18-14-29-13-17(4)23(18)32-25(34)21-15(2)11-19(12-16(21)3)31-27-22(26(35)33-37-27)24(28)30-9-8-20-7-6-10-36-20;1-13-10-16(5-6-17(13)22(33)31-20-14(2)11-27-12-18(20)25)30-24-19(23(34)32-35-24)21(26)29-9-7-15-4-3-8-28-15;1-5-13(8-31)27-18(24)17-21(33)30-34-22(17)28-14-6-10(2)16(15(23)7-14)20(32)29-19-11(3)12(4)25-9-26-19;1-5-14(32-4)27-17(23)16-20(31)29-33-21(16)26-12-6-10(2)15(13(22)7-12)19(30)28-18-11(3)8-24-9-25-18/h5,11-14,20,31H,1,6-10H2,2-4H3,(H2,28,30)(H,33,35)(H,29,32,34);3-6,8,10-12,28,30H,7,9H2,1-2H3,(H2,26,29)(H,32,34)(H,27,31,33);6-7,9,13,28,31H,5,8H2,1-4H3,(H2,24,27)(H,30,33)(H,25,26,29,32);6-9,14,26H,5H2,1-4H3,(H2,23,27)(H,29,31)(H,24,25,28,30). The topological polar surface area (TPSA) is 581 Å². The number of H-pyrrole nitrogens is 5. The highest BCUT2D eigenvalue weighted by Crippen LogP contribution is 2.36. The third-order valence-corrected chi connectivity index (χ3v) is 26.2. The number of methoxy groups -OCH3 is 1. The number of carbonyl (C=O) groups excluding carboxylic acids is 4. The average Bonchev–Trinajstić information content (AvgIpc) is 1.65. The third kappa shape index (κ3) is 27.3. The molecule has 0 radical (unpaired) electrons. The summed E-state index contributed by atoms with van der Waals surface area (Å²) in [6.45, 7) is 27.5. The van der Waals surface area contributed by atoms with Crippen molar-refractivity contribution in [2.75, 3.05) is 75.9 Å². The van der Waals surface area contributed by atoms with Gasteiger partial charge < -0.3 is 85.0 Å². The van der Waals surface area contributed by atoms with Crippen LogP contribution in [0.4, 0.5) is 65.8 Å². The number of aliphatic hydroxyl groups is 1. The Morgan fingerprint density at radius 1 is 0.554 bits per heavy atom. The van der Waals surface area contributed by atoms with Crippen molar-refractivity contribution in [3.63, 3.8) is 0 Å². The van der Waals surface area contributed by atoms with E-state index in [2.05, 4.69) is 137 Å². The molecule has 0 saturated carbocycles. The quantitative estimate of drug-likeness (QED) is 0.0134. The normalized spacial score (nSPS) is 13.0. The van der Waals surface area contributed by atoms with Gasteiger partial charge >= 0.3 is 0 Å². The fourth-order valence-corrected chi connectivity index (χ4v) is 18.7. The van der Waals surface area contributed by atoms with Gasteiger partial charge in [0, 0.05) is 137 Å². The Hall–Kier alpha value is -14.0. The van der Waals surface area contributed by atoms with Crippen LogP contribution in [-0.2, 0) is 15.9 Å². The lowest BCUT2D eigenvalue weighted by molar-refractivity contribution is 0.101. The van der Waals surface area contributed by atoms with Gasteiger partial charge in [0.2, 0.25) is 0 Å². The largest absolute Gasteiger partial charge is 0.394 e. The molecule has 1 aliphatic heterocycles. The van der Waals surface area contributed by atoms with Crippen LogP contribution >= 0.6 is 85.3 Å². The van der Waals surface area contributed by atoms with Crippen molar-refractivity contribution in [3.8, 4) is 0 Å². The monoisotopic (exact) mass is 2070 g/mol. The molecule has 3 atom stereocenters. The Morgan fingerprint density at radius 3 is 1.58 bits per heavy atom. The van der Waals surface area contributed by atoms with E-state index in [1.807, 2.05) is 106 Å². The Morgan fingerprint density at radius 2 is 1.06 bits per heavy atom. The summed E-state index contributed by atoms with van der Waals surface area (Å²) in [4.78, 5) is 146. The number of aromatic amines is 5. The molecule has 1 saturated heterocycles. The van der Waals surface area contributed by atoms with E-state index in [0.29, 0.717) is 146 Å². The molecular weight excluding hydrogens is 1960 g/mol. The minimum absolute atomic E-state index is 0.0493. The first-order valence-electron chi connectivity index (χ1n) is 43.4. The summed E-state index contributed by atoms with van der Waals surface area (Å²) in [6.07, 6.45) is 18.9. The van der Waals surface area contributed by atoms with E-state index >= 15 is 0 Å². The number of benzene rings is 4. The number of aliphatic imine (C=N–C) groups is 4. The number of aryl methyl sites for hydroxylation is 9. The van der Waals surface area contributed by atoms with Crippen molar-refractivity contribution >= 4 is 204 Å². The van der Waals surface area contributed by atoms with Gasteiger partial charge in [0.25, 0.3) is 45.9 Å². The smallest absolute Gasteiger partial charge is 0.271 e. The number of nitrogens with zero attached hydrogens (tertiary/aromatic N) is 10. The molecule has 1 aliphatic rings. The molecule has 45 heteroatoms. The number of nitrogens with two attached hydrogens (primary N) is 4. The van der Waals surface area contributed by atoms with E-state index in [1.165, 1.54) is 26.0 Å². The fourth-order valence-electron chi connectivity index (χ4n) is 14.3. The summed E-state index contributed by atoms with van der Waals surface area (Å²) in [6, 6.07) is 19.4. The highest BCUT2D eigenvalue weighted by molar-refractivity contribution is 9.10. The van der Waals surface area contributed by atoms with Gasteiger partial charge in [-0.2, -0.15) is 0 Å². The zero-order valence-corrected chi connectivity index (χ0v) is 84.5. The molecule has 728 valence electrons. The van der Waals surface area contributed by atoms with Crippen LogP contribution < -0.4 is 87.7 Å². The second-order valence-electron chi connectivity index (χ2n) is 31.8. The molecule has 38 nitrogen and oxygen atoms in total. The highest BCUT2D eigenvalue weighted by Gasteiger charge is 2.27. The van der Waals surface area contributed by atoms with Crippen LogP contribution in [0.15, 0.2) is 167 Å². The average molecular weight is 2070 g/mol. The summed E-state index contributed by atoms with van der Waals surface area (Å²) in [5.41, 5.74) is 39.3. The molecule has 10 heterocycles. The second kappa shape index (κ2) is 49.3. The van der Waals surface area contributed by atoms with E-state index in [1.54, 1.807) is 81.1 Å². The lowest BCUT2D eigenvalue weighted by Crippen LogP contribution is -2.25. The van der Waals surface area contributed by atoms with Gasteiger partial charge in [-0.05, 0) is 269 Å². The summed E-state index contributed by atoms with van der Waals surface area (Å²) < 4.78 is 22.2. The SMILES string of the molecule is C=Cc1cncc(C)c1NC(=O)c1c(C)cc(Nc2s[nH]c(=O)c2C(N)=NCCC2CCCO2)cc1C.CCC(CO)N=C(N)c1c(Nc2cc(C)c(C(=O)Nc3ncnc(C)c3C)c(Br)c2)s[nH]c1=O.CCC(N=C(N)c1c(Nc2cc(C)c(C(=O)Nc3ncncc3C)c(Cl)c2)s[nH]c1=O)OC.Cc1cc(Nc2s[nH]c(=O)c2C(N)=NCCc2ccc[nH]2)ccc1C(=O)Nc1c(C)cncc1Cl. The maximum atomic E-state index is 13.2. The zero-order chi connectivity index (χ0) is 101. The number of carbonyl (C=O) groups is 4. The number of amides is 4. The molecule has 139 heavy (non-hydrogen) atoms. The summed E-state index contributed by atoms with van der Waals surface area (Å²) in [5, 5.41) is 36.3. The molecule has 3 unspecified atom stereocenters. The fraction of sp³-hybridized carbons (Fsp3) is 0.277. The van der Waals surface area contributed by atoms with Gasteiger partial charge in [0.15, 0.2) is 0 Å². The first-order valence-corrected chi connectivity index (χ1v) is 48.2. The first-order chi connectivity index (χ1) is 66.5. The number of aliphatic hydroxyl groups excluding tert-OH is 1. The van der Waals surface area contributed by atoms with Crippen LogP contribution in [0.5, 0.6) is 0 Å². The van der Waals surface area contributed by atoms with Crippen molar-refractivity contribution < 1.29 is 33.8 Å². The number of aromatic nitrogens is 11. The number of pyridine rings is 2. The van der Waals surface area contributed by atoms with Gasteiger partial charge in [-0.3, -0.25) is 80.8 Å². The van der Waals surface area contributed by atoms with E-state index in [9.17, 15) is 43.5 Å². The van der Waals surface area contributed by atoms with Crippen LogP contribution in [0, 0.1) is 69.2 Å². The minimum atomic E-state index is -0.454. The molecule has 0 aliphatic carbocycles. The van der Waals surface area contributed by atoms with Crippen molar-refractivity contribution in [1.29, 1.82) is 0 Å². The Labute approximate surface area is 833 Å². The number of hydrogen-bond acceptors (Lipinski definition) is 29. The van der Waals surface area contributed by atoms with Crippen molar-refractivity contribution in [3.05, 3.63) is 291 Å². The summed E-state index contributed by atoms with van der Waals surface area (Å²) >= 11 is 20.6. The van der Waals surface area contributed by atoms with E-state index in [0.717, 1.165) is 134 Å². The lowest BCUT2D eigenvalue weighted by atomic mass is 10.0. The third-order valence-electron chi connectivity index (χ3n) is 21.8. The Bertz CT molecular complexity index is 6950.